The molecular weight excluding hydrogens is 569 g/mol. The Morgan fingerprint density at radius 3 is 2.40 bits per heavy atom. The number of esters is 1. The summed E-state index contributed by atoms with van der Waals surface area (Å²) in [5.41, 5.74) is 0.366. The number of hydrogen-bond acceptors (Lipinski definition) is 7. The standard InChI is InChI=1S/C19H13Br2Cl2NO6/c20-13-6-11(9-24)7-14(21)18(13)30-19(26)29-10-28-17(25)2-1-5-27-16-4-3-12(22)8-15(16)23/h3-4,6-8H,1-2,5,10H2. The molecule has 0 atom stereocenters. The van der Waals surface area contributed by atoms with Gasteiger partial charge >= 0.3 is 12.1 Å². The molecule has 0 aliphatic rings. The second kappa shape index (κ2) is 12.0. The maximum Gasteiger partial charge on any atom is 0.516 e. The molecule has 0 heterocycles. The Hall–Kier alpha value is -1.99. The van der Waals surface area contributed by atoms with Crippen LogP contribution in [-0.2, 0) is 14.3 Å². The van der Waals surface area contributed by atoms with Gasteiger partial charge in [-0.25, -0.2) is 4.79 Å². The monoisotopic (exact) mass is 579 g/mol. The summed E-state index contributed by atoms with van der Waals surface area (Å²) in [6.45, 7) is -0.368. The average Bonchev–Trinajstić information content (AvgIpc) is 2.69. The van der Waals surface area contributed by atoms with Gasteiger partial charge in [-0.15, -0.1) is 0 Å². The molecule has 0 spiro atoms. The number of ether oxygens (including phenoxy) is 4. The van der Waals surface area contributed by atoms with Gasteiger partial charge in [0.25, 0.3) is 0 Å². The third-order valence-electron chi connectivity index (χ3n) is 3.39. The van der Waals surface area contributed by atoms with E-state index in [1.807, 2.05) is 6.07 Å². The van der Waals surface area contributed by atoms with Crippen molar-refractivity contribution in [1.29, 1.82) is 5.26 Å². The highest BCUT2D eigenvalue weighted by molar-refractivity contribution is 9.11. The molecule has 0 bridgehead atoms. The van der Waals surface area contributed by atoms with Crippen molar-refractivity contribution in [1.82, 2.24) is 0 Å². The van der Waals surface area contributed by atoms with E-state index < -0.39 is 18.9 Å². The predicted octanol–water partition coefficient (Wildman–Crippen LogP) is 6.27. The van der Waals surface area contributed by atoms with E-state index in [9.17, 15) is 9.59 Å². The zero-order valence-corrected chi connectivity index (χ0v) is 19.8. The number of hydrogen-bond donors (Lipinski definition) is 0. The fourth-order valence-electron chi connectivity index (χ4n) is 2.04. The normalized spacial score (nSPS) is 10.1. The number of carbonyl (C=O) groups is 2. The molecule has 0 saturated heterocycles. The van der Waals surface area contributed by atoms with Gasteiger partial charge in [-0.2, -0.15) is 5.26 Å². The largest absolute Gasteiger partial charge is 0.516 e. The van der Waals surface area contributed by atoms with E-state index in [4.69, 9.17) is 47.4 Å². The minimum atomic E-state index is -1.07. The van der Waals surface area contributed by atoms with Crippen LogP contribution in [0, 0.1) is 11.3 Å². The minimum Gasteiger partial charge on any atom is -0.492 e. The number of carbonyl (C=O) groups excluding carboxylic acids is 2. The van der Waals surface area contributed by atoms with Crippen LogP contribution in [0.4, 0.5) is 4.79 Å². The number of rotatable bonds is 8. The van der Waals surface area contributed by atoms with Gasteiger partial charge in [-0.3, -0.25) is 4.79 Å². The number of nitrogens with zero attached hydrogens (tertiary/aromatic N) is 1. The minimum absolute atomic E-state index is 0.0519. The molecule has 0 unspecified atom stereocenters. The Kier molecular flexibility index (Phi) is 9.72. The lowest BCUT2D eigenvalue weighted by Gasteiger charge is -2.10. The van der Waals surface area contributed by atoms with E-state index >= 15 is 0 Å². The first-order valence-corrected chi connectivity index (χ1v) is 10.6. The molecule has 2 aromatic rings. The number of halogens is 4. The second-order valence-electron chi connectivity index (χ2n) is 5.54. The van der Waals surface area contributed by atoms with E-state index in [1.54, 1.807) is 18.2 Å². The topological polar surface area (TPSA) is 94.9 Å². The summed E-state index contributed by atoms with van der Waals surface area (Å²) in [6.07, 6.45) is -0.654. The van der Waals surface area contributed by atoms with Gasteiger partial charge in [-0.05, 0) is 68.6 Å². The van der Waals surface area contributed by atoms with Crippen molar-refractivity contribution in [2.24, 2.45) is 0 Å². The third kappa shape index (κ3) is 7.69. The van der Waals surface area contributed by atoms with Gasteiger partial charge in [-0.1, -0.05) is 23.2 Å². The average molecular weight is 582 g/mol. The molecular formula is C19H13Br2Cl2NO6. The molecule has 0 fully saturated rings. The SMILES string of the molecule is N#Cc1cc(Br)c(OC(=O)OCOC(=O)CCCOc2ccc(Cl)cc2Cl)c(Br)c1. The zero-order valence-electron chi connectivity index (χ0n) is 15.1. The highest BCUT2D eigenvalue weighted by Crippen LogP contribution is 2.35. The van der Waals surface area contributed by atoms with Crippen molar-refractivity contribution in [2.75, 3.05) is 13.4 Å². The summed E-state index contributed by atoms with van der Waals surface area (Å²) in [4.78, 5) is 23.4. The molecule has 0 amide bonds. The van der Waals surface area contributed by atoms with E-state index in [1.165, 1.54) is 12.1 Å². The van der Waals surface area contributed by atoms with E-state index in [2.05, 4.69) is 31.9 Å². The molecule has 0 aromatic heterocycles. The van der Waals surface area contributed by atoms with Gasteiger partial charge in [0.1, 0.15) is 5.75 Å². The van der Waals surface area contributed by atoms with Crippen LogP contribution >= 0.6 is 55.1 Å². The van der Waals surface area contributed by atoms with Crippen molar-refractivity contribution in [3.63, 3.8) is 0 Å². The second-order valence-corrected chi connectivity index (χ2v) is 8.09. The molecule has 7 nitrogen and oxygen atoms in total. The molecule has 0 radical (unpaired) electrons. The summed E-state index contributed by atoms with van der Waals surface area (Å²) in [5.74, 6) is 0.0123. The first-order chi connectivity index (χ1) is 14.3. The number of benzene rings is 2. The Labute approximate surface area is 199 Å². The molecule has 0 N–H and O–H groups in total. The molecule has 2 rings (SSSR count). The summed E-state index contributed by atoms with van der Waals surface area (Å²) in [6, 6.07) is 9.75. The Morgan fingerprint density at radius 1 is 1.07 bits per heavy atom. The van der Waals surface area contributed by atoms with Crippen LogP contribution in [0.15, 0.2) is 39.3 Å². The smallest absolute Gasteiger partial charge is 0.492 e. The van der Waals surface area contributed by atoms with Crippen LogP contribution in [0.1, 0.15) is 18.4 Å². The summed E-state index contributed by atoms with van der Waals surface area (Å²) >= 11 is 18.2. The Morgan fingerprint density at radius 2 is 1.77 bits per heavy atom. The van der Waals surface area contributed by atoms with Crippen LogP contribution < -0.4 is 9.47 Å². The van der Waals surface area contributed by atoms with Crippen LogP contribution in [0.25, 0.3) is 0 Å². The maximum absolute atomic E-state index is 11.7. The van der Waals surface area contributed by atoms with Crippen LogP contribution in [0.5, 0.6) is 11.5 Å². The molecule has 0 saturated carbocycles. The summed E-state index contributed by atoms with van der Waals surface area (Å²) in [7, 11) is 0. The zero-order chi connectivity index (χ0) is 22.1. The van der Waals surface area contributed by atoms with Crippen molar-refractivity contribution >= 4 is 67.2 Å². The molecule has 30 heavy (non-hydrogen) atoms. The van der Waals surface area contributed by atoms with Gasteiger partial charge in [0, 0.05) is 11.4 Å². The van der Waals surface area contributed by atoms with E-state index in [-0.39, 0.29) is 18.8 Å². The van der Waals surface area contributed by atoms with Crippen LogP contribution in [0.2, 0.25) is 10.0 Å². The molecule has 0 aliphatic heterocycles. The van der Waals surface area contributed by atoms with Gasteiger partial charge in [0.15, 0.2) is 5.75 Å². The van der Waals surface area contributed by atoms with Crippen molar-refractivity contribution in [3.05, 3.63) is 54.9 Å². The molecule has 158 valence electrons. The number of nitriles is 1. The maximum atomic E-state index is 11.7. The van der Waals surface area contributed by atoms with Crippen molar-refractivity contribution < 1.29 is 28.5 Å². The lowest BCUT2D eigenvalue weighted by Crippen LogP contribution is -2.16. The van der Waals surface area contributed by atoms with Crippen molar-refractivity contribution in [2.45, 2.75) is 12.8 Å². The van der Waals surface area contributed by atoms with Crippen LogP contribution in [0.3, 0.4) is 0 Å². The van der Waals surface area contributed by atoms with Crippen LogP contribution in [-0.4, -0.2) is 25.5 Å². The first-order valence-electron chi connectivity index (χ1n) is 8.27. The molecule has 0 aliphatic carbocycles. The third-order valence-corrected chi connectivity index (χ3v) is 5.09. The van der Waals surface area contributed by atoms with Gasteiger partial charge < -0.3 is 18.9 Å². The summed E-state index contributed by atoms with van der Waals surface area (Å²) < 4.78 is 20.8. The highest BCUT2D eigenvalue weighted by atomic mass is 79.9. The quantitative estimate of drug-likeness (QED) is 0.157. The van der Waals surface area contributed by atoms with Gasteiger partial charge in [0.2, 0.25) is 6.79 Å². The fraction of sp³-hybridized carbons (Fsp3) is 0.211. The van der Waals surface area contributed by atoms with Gasteiger partial charge in [0.05, 0.1) is 32.2 Å². The lowest BCUT2D eigenvalue weighted by atomic mass is 10.2. The van der Waals surface area contributed by atoms with E-state index in [0.29, 0.717) is 36.7 Å². The van der Waals surface area contributed by atoms with E-state index in [0.717, 1.165) is 0 Å². The van der Waals surface area contributed by atoms with Crippen molar-refractivity contribution in [3.8, 4) is 17.6 Å². The lowest BCUT2D eigenvalue weighted by molar-refractivity contribution is -0.152. The first kappa shape index (κ1) is 24.3. The molecule has 11 heteroatoms. The Bertz CT molecular complexity index is 957. The Balaban J connectivity index is 1.67. The summed E-state index contributed by atoms with van der Waals surface area (Å²) in [5, 5.41) is 9.76. The molecule has 2 aromatic carbocycles. The fourth-order valence-corrected chi connectivity index (χ4v) is 3.85. The highest BCUT2D eigenvalue weighted by Gasteiger charge is 2.15. The predicted molar refractivity (Wildman–Crippen MR) is 116 cm³/mol.